The minimum Gasteiger partial charge on any atom is -0.330 e. The van der Waals surface area contributed by atoms with Gasteiger partial charge in [0.25, 0.3) is 0 Å². The molecule has 0 aromatic heterocycles. The topological polar surface area (TPSA) is 61.5 Å². The molecule has 2 N–H and O–H groups in total. The van der Waals surface area contributed by atoms with E-state index < -0.39 is 5.97 Å². The van der Waals surface area contributed by atoms with Crippen molar-refractivity contribution in [2.75, 3.05) is 13.2 Å². The van der Waals surface area contributed by atoms with Crippen LogP contribution >= 0.6 is 11.6 Å². The van der Waals surface area contributed by atoms with Crippen molar-refractivity contribution in [1.82, 2.24) is 0 Å². The lowest BCUT2D eigenvalue weighted by atomic mass is 9.96. The lowest BCUT2D eigenvalue weighted by Gasteiger charge is -2.13. The normalized spacial score (nSPS) is 12.2. The lowest BCUT2D eigenvalue weighted by Crippen LogP contribution is -2.18. The summed E-state index contributed by atoms with van der Waals surface area (Å²) in [5.41, 5.74) is 6.60. The van der Waals surface area contributed by atoms with Gasteiger partial charge in [0, 0.05) is 10.9 Å². The van der Waals surface area contributed by atoms with E-state index in [9.17, 15) is 4.79 Å². The summed E-state index contributed by atoms with van der Waals surface area (Å²) < 4.78 is 0. The van der Waals surface area contributed by atoms with E-state index in [0.29, 0.717) is 18.2 Å². The molecule has 4 nitrogen and oxygen atoms in total. The van der Waals surface area contributed by atoms with Gasteiger partial charge in [-0.3, -0.25) is 4.89 Å². The summed E-state index contributed by atoms with van der Waals surface area (Å²) in [7, 11) is 0. The summed E-state index contributed by atoms with van der Waals surface area (Å²) in [5.74, 6) is -0.502. The second kappa shape index (κ2) is 7.27. The van der Waals surface area contributed by atoms with Crippen LogP contribution in [-0.2, 0) is 14.6 Å². The molecule has 1 aromatic carbocycles. The summed E-state index contributed by atoms with van der Waals surface area (Å²) in [6.45, 7) is 2.44. The molecule has 0 fully saturated rings. The number of carbonyl (C=O) groups excluding carboxylic acids is 1. The zero-order valence-corrected chi connectivity index (χ0v) is 10.4. The minimum atomic E-state index is -0.419. The number of hydrogen-bond acceptors (Lipinski definition) is 4. The highest BCUT2D eigenvalue weighted by Gasteiger charge is 2.16. The first-order valence-corrected chi connectivity index (χ1v) is 5.83. The molecule has 94 valence electrons. The molecule has 17 heavy (non-hydrogen) atoms. The minimum absolute atomic E-state index is 0.0831. The average Bonchev–Trinajstić information content (AvgIpc) is 2.34. The zero-order valence-electron chi connectivity index (χ0n) is 9.69. The Labute approximate surface area is 106 Å². The molecule has 0 saturated heterocycles. The van der Waals surface area contributed by atoms with Crippen LogP contribution in [0.4, 0.5) is 0 Å². The molecule has 1 atom stereocenters. The van der Waals surface area contributed by atoms with Crippen LogP contribution in [0.15, 0.2) is 24.3 Å². The molecule has 0 aliphatic heterocycles. The standard InChI is InChI=1S/C12H16ClNO3/c1-2-16-17-12(15)7-10(8-14)9-3-5-11(13)6-4-9/h3-6,10H,2,7-8,14H2,1H3. The van der Waals surface area contributed by atoms with Gasteiger partial charge in [-0.25, -0.2) is 4.79 Å². The second-order valence-electron chi connectivity index (χ2n) is 3.55. The van der Waals surface area contributed by atoms with Gasteiger partial charge in [0.15, 0.2) is 0 Å². The Balaban J connectivity index is 2.59. The van der Waals surface area contributed by atoms with Crippen molar-refractivity contribution in [1.29, 1.82) is 0 Å². The smallest absolute Gasteiger partial charge is 0.330 e. The quantitative estimate of drug-likeness (QED) is 0.627. The number of rotatable bonds is 6. The molecular formula is C12H16ClNO3. The fourth-order valence-electron chi connectivity index (χ4n) is 1.43. The van der Waals surface area contributed by atoms with Gasteiger partial charge in [0.05, 0.1) is 13.0 Å². The molecule has 1 unspecified atom stereocenters. The van der Waals surface area contributed by atoms with Crippen molar-refractivity contribution in [3.63, 3.8) is 0 Å². The molecule has 5 heteroatoms. The van der Waals surface area contributed by atoms with Crippen molar-refractivity contribution in [3.05, 3.63) is 34.9 Å². The van der Waals surface area contributed by atoms with Crippen molar-refractivity contribution in [3.8, 4) is 0 Å². The maximum Gasteiger partial charge on any atom is 0.343 e. The fourth-order valence-corrected chi connectivity index (χ4v) is 1.56. The van der Waals surface area contributed by atoms with Crippen molar-refractivity contribution < 1.29 is 14.6 Å². The van der Waals surface area contributed by atoms with Crippen LogP contribution in [0.25, 0.3) is 0 Å². The Bertz CT molecular complexity index is 353. The molecule has 0 bridgehead atoms. The van der Waals surface area contributed by atoms with E-state index in [1.54, 1.807) is 19.1 Å². The van der Waals surface area contributed by atoms with Crippen molar-refractivity contribution in [2.24, 2.45) is 5.73 Å². The Morgan fingerprint density at radius 1 is 1.41 bits per heavy atom. The Hall–Kier alpha value is -1.10. The van der Waals surface area contributed by atoms with E-state index in [1.807, 2.05) is 12.1 Å². The van der Waals surface area contributed by atoms with Crippen LogP contribution in [0.2, 0.25) is 5.02 Å². The Morgan fingerprint density at radius 3 is 2.59 bits per heavy atom. The van der Waals surface area contributed by atoms with Gasteiger partial charge in [0.1, 0.15) is 0 Å². The molecule has 0 heterocycles. The molecule has 0 spiro atoms. The third-order valence-electron chi connectivity index (χ3n) is 2.31. The summed E-state index contributed by atoms with van der Waals surface area (Å²) in [4.78, 5) is 20.5. The van der Waals surface area contributed by atoms with Crippen LogP contribution in [0.1, 0.15) is 24.8 Å². The molecule has 0 aliphatic carbocycles. The SMILES string of the molecule is CCOOC(=O)CC(CN)c1ccc(Cl)cc1. The molecule has 1 rings (SSSR count). The van der Waals surface area contributed by atoms with Crippen molar-refractivity contribution in [2.45, 2.75) is 19.3 Å². The molecule has 1 aromatic rings. The van der Waals surface area contributed by atoms with Gasteiger partial charge in [-0.15, -0.1) is 0 Å². The number of carbonyl (C=O) groups is 1. The summed E-state index contributed by atoms with van der Waals surface area (Å²) in [5, 5.41) is 0.654. The number of benzene rings is 1. The third-order valence-corrected chi connectivity index (χ3v) is 2.56. The largest absolute Gasteiger partial charge is 0.343 e. The van der Waals surface area contributed by atoms with Gasteiger partial charge in [-0.2, -0.15) is 4.89 Å². The van der Waals surface area contributed by atoms with Crippen LogP contribution in [-0.4, -0.2) is 19.1 Å². The van der Waals surface area contributed by atoms with Crippen LogP contribution in [0.3, 0.4) is 0 Å². The first kappa shape index (κ1) is 14.0. The first-order valence-electron chi connectivity index (χ1n) is 5.45. The highest BCUT2D eigenvalue weighted by Crippen LogP contribution is 2.21. The van der Waals surface area contributed by atoms with E-state index in [-0.39, 0.29) is 12.3 Å². The van der Waals surface area contributed by atoms with Crippen LogP contribution < -0.4 is 5.73 Å². The van der Waals surface area contributed by atoms with E-state index in [4.69, 9.17) is 17.3 Å². The monoisotopic (exact) mass is 257 g/mol. The van der Waals surface area contributed by atoms with Crippen LogP contribution in [0, 0.1) is 0 Å². The first-order chi connectivity index (χ1) is 8.17. The lowest BCUT2D eigenvalue weighted by molar-refractivity contribution is -0.269. The number of nitrogens with two attached hydrogens (primary N) is 1. The number of halogens is 1. The number of hydrogen-bond donors (Lipinski definition) is 1. The predicted octanol–water partition coefficient (Wildman–Crippen LogP) is 2.27. The summed E-state index contributed by atoms with van der Waals surface area (Å²) in [6.07, 6.45) is 0.193. The van der Waals surface area contributed by atoms with Gasteiger partial charge >= 0.3 is 5.97 Å². The molecule has 0 amide bonds. The Morgan fingerprint density at radius 2 is 2.06 bits per heavy atom. The zero-order chi connectivity index (χ0) is 12.7. The van der Waals surface area contributed by atoms with Gasteiger partial charge < -0.3 is 5.73 Å². The predicted molar refractivity (Wildman–Crippen MR) is 65.6 cm³/mol. The highest BCUT2D eigenvalue weighted by atomic mass is 35.5. The fraction of sp³-hybridized carbons (Fsp3) is 0.417. The van der Waals surface area contributed by atoms with E-state index in [0.717, 1.165) is 5.56 Å². The van der Waals surface area contributed by atoms with E-state index in [2.05, 4.69) is 9.78 Å². The average molecular weight is 258 g/mol. The maximum atomic E-state index is 11.4. The molecule has 0 aliphatic rings. The molecular weight excluding hydrogens is 242 g/mol. The van der Waals surface area contributed by atoms with Crippen molar-refractivity contribution >= 4 is 17.6 Å². The molecule has 0 radical (unpaired) electrons. The van der Waals surface area contributed by atoms with Crippen LogP contribution in [0.5, 0.6) is 0 Å². The van der Waals surface area contributed by atoms with Gasteiger partial charge in [-0.1, -0.05) is 23.7 Å². The van der Waals surface area contributed by atoms with Gasteiger partial charge in [0.2, 0.25) is 0 Å². The second-order valence-corrected chi connectivity index (χ2v) is 3.99. The molecule has 0 saturated carbocycles. The third kappa shape index (κ3) is 4.73. The van der Waals surface area contributed by atoms with Gasteiger partial charge in [-0.05, 0) is 31.2 Å². The summed E-state index contributed by atoms with van der Waals surface area (Å²) >= 11 is 5.79. The maximum absolute atomic E-state index is 11.4. The highest BCUT2D eigenvalue weighted by molar-refractivity contribution is 6.30. The summed E-state index contributed by atoms with van der Waals surface area (Å²) in [6, 6.07) is 7.25. The van der Waals surface area contributed by atoms with E-state index >= 15 is 0 Å². The Kier molecular flexibility index (Phi) is 5.97. The van der Waals surface area contributed by atoms with E-state index in [1.165, 1.54) is 0 Å².